The first-order valence-corrected chi connectivity index (χ1v) is 25.6. The Morgan fingerprint density at radius 2 is 1.63 bits per heavy atom. The first kappa shape index (κ1) is 51.7. The van der Waals surface area contributed by atoms with E-state index in [0.29, 0.717) is 70.5 Å². The number of anilines is 1. The molecule has 19 nitrogen and oxygen atoms in total. The molecule has 4 aliphatic rings. The van der Waals surface area contributed by atoms with Crippen LogP contribution in [0.4, 0.5) is 5.69 Å². The summed E-state index contributed by atoms with van der Waals surface area (Å²) < 4.78 is 6.00. The number of rotatable bonds is 14. The minimum absolute atomic E-state index is 0.00859. The predicted molar refractivity (Wildman–Crippen MR) is 272 cm³/mol. The lowest BCUT2D eigenvalue weighted by atomic mass is 9.90. The molecular formula is C49H51N7O12S3. The van der Waals surface area contributed by atoms with E-state index in [1.807, 2.05) is 12.1 Å². The van der Waals surface area contributed by atoms with E-state index in [0.717, 1.165) is 21.6 Å². The molecule has 7 rings (SSSR count). The molecule has 0 spiro atoms. The molecule has 9 N–H and O–H groups in total. The van der Waals surface area contributed by atoms with Crippen molar-refractivity contribution in [3.05, 3.63) is 106 Å². The normalized spacial score (nSPS) is 19.1. The quantitative estimate of drug-likeness (QED) is 0.0328. The minimum atomic E-state index is -1.30. The van der Waals surface area contributed by atoms with Crippen molar-refractivity contribution in [2.45, 2.75) is 75.7 Å². The number of fused-ring (bicyclic) bond motifs is 3. The van der Waals surface area contributed by atoms with Crippen LogP contribution in [0.25, 0.3) is 33.4 Å². The van der Waals surface area contributed by atoms with Crippen LogP contribution in [-0.4, -0.2) is 122 Å². The zero-order valence-electron chi connectivity index (χ0n) is 38.2. The summed E-state index contributed by atoms with van der Waals surface area (Å²) in [5, 5.41) is 47.7. The van der Waals surface area contributed by atoms with Gasteiger partial charge < -0.3 is 56.5 Å². The molecular weight excluding hydrogens is 975 g/mol. The second kappa shape index (κ2) is 23.6. The van der Waals surface area contributed by atoms with Crippen molar-refractivity contribution in [2.75, 3.05) is 29.9 Å². The number of phenols is 1. The molecule has 3 heterocycles. The molecule has 5 atom stereocenters. The molecule has 2 saturated heterocycles. The largest absolute Gasteiger partial charge is 0.508 e. The summed E-state index contributed by atoms with van der Waals surface area (Å²) in [5.41, 5.74) is 2.72. The lowest BCUT2D eigenvalue weighted by molar-refractivity contribution is -0.144. The van der Waals surface area contributed by atoms with Crippen molar-refractivity contribution in [1.82, 2.24) is 31.5 Å². The average molecular weight is 1030 g/mol. The molecule has 2 fully saturated rings. The molecule has 0 bridgehead atoms. The maximum Gasteiger partial charge on any atom is 0.336 e. The van der Waals surface area contributed by atoms with Gasteiger partial charge in [0.1, 0.15) is 47.3 Å². The van der Waals surface area contributed by atoms with Crippen LogP contribution in [-0.2, 0) is 35.2 Å². The standard InChI is InChI=1S/C49H51N7O12S3/c1-26(57)51-36(21-27-11-14-29(58)15-12-27)43(60)54-37-24-70-71-25-38(48(66)67)55-45(62)39-9-6-20-56(39)46(63)35(53-44(37)61)8-4-5-19-50-49(69)52-28-13-17-31(34(22-28)47(64)65)42-32-7-2-3-10-40(32)68-41-23-30(59)16-18-33(41)42/h2-3,7,10-18,22-23,35-39,58H,4-6,8-9,19-21,24-25H2,1H3,(H,51,57)(H,53,61)(H,54,60)(H,55,62)(H,64,65)(H,66,67)(H2,50,52,69)/t35-,36-,37-,38-,39-/m0/s1. The Kier molecular flexibility index (Phi) is 17.2. The number of aromatic hydroxyl groups is 1. The molecule has 3 aliphatic heterocycles. The Hall–Kier alpha value is -7.17. The molecule has 0 aromatic heterocycles. The van der Waals surface area contributed by atoms with E-state index in [4.69, 9.17) is 16.6 Å². The molecule has 1 aliphatic carbocycles. The number of para-hydroxylation sites is 1. The summed E-state index contributed by atoms with van der Waals surface area (Å²) >= 11 is 5.57. The van der Waals surface area contributed by atoms with Crippen molar-refractivity contribution >= 4 is 97.0 Å². The number of unbranched alkanes of at least 4 members (excludes halogenated alkanes) is 1. The van der Waals surface area contributed by atoms with Gasteiger partial charge in [-0.25, -0.2) is 9.59 Å². The molecule has 3 aromatic rings. The highest BCUT2D eigenvalue weighted by Gasteiger charge is 2.40. The molecule has 0 unspecified atom stereocenters. The molecule has 0 radical (unpaired) electrons. The van der Waals surface area contributed by atoms with Crippen LogP contribution in [0.2, 0.25) is 0 Å². The van der Waals surface area contributed by atoms with E-state index in [9.17, 15) is 53.7 Å². The fourth-order valence-electron chi connectivity index (χ4n) is 8.46. The number of carbonyl (C=O) groups is 7. The second-order valence-electron chi connectivity index (χ2n) is 17.0. The third-order valence-corrected chi connectivity index (χ3v) is 14.6. The van der Waals surface area contributed by atoms with Gasteiger partial charge in [-0.05, 0) is 97.9 Å². The summed E-state index contributed by atoms with van der Waals surface area (Å²) in [6.07, 6.45) is 1.64. The zero-order chi connectivity index (χ0) is 50.8. The maximum absolute atomic E-state index is 14.3. The van der Waals surface area contributed by atoms with Crippen LogP contribution in [0.1, 0.15) is 54.9 Å². The van der Waals surface area contributed by atoms with Gasteiger partial charge in [0.15, 0.2) is 10.5 Å². The van der Waals surface area contributed by atoms with Gasteiger partial charge in [0, 0.05) is 66.2 Å². The van der Waals surface area contributed by atoms with E-state index < -0.39 is 71.7 Å². The Bertz CT molecular complexity index is 2880. The van der Waals surface area contributed by atoms with Crippen molar-refractivity contribution in [3.8, 4) is 28.2 Å². The Morgan fingerprint density at radius 3 is 2.38 bits per heavy atom. The van der Waals surface area contributed by atoms with E-state index in [-0.39, 0.29) is 59.2 Å². The van der Waals surface area contributed by atoms with Crippen molar-refractivity contribution in [3.63, 3.8) is 0 Å². The average Bonchev–Trinajstić information content (AvgIpc) is 3.83. The topological polar surface area (TPSA) is 286 Å². The monoisotopic (exact) mass is 1030 g/mol. The SMILES string of the molecule is CC(=O)N[C@@H](Cc1ccc(O)cc1)C(=O)N[C@H]1CSSC[C@@H](C(=O)O)NC(=O)[C@@H]2CCCN2C(=O)[C@H](CCCCNC(=S)Nc2ccc(-c3c4ccc(=O)cc-4oc4ccccc34)c(C(=O)O)c2)NC1=O. The molecule has 5 amide bonds. The Labute approximate surface area is 420 Å². The molecule has 3 aromatic carbocycles. The van der Waals surface area contributed by atoms with Gasteiger partial charge in [-0.15, -0.1) is 0 Å². The van der Waals surface area contributed by atoms with Gasteiger partial charge in [0.05, 0.1) is 5.56 Å². The minimum Gasteiger partial charge on any atom is -0.508 e. The number of nitrogens with zero attached hydrogens (tertiary/aromatic N) is 1. The summed E-state index contributed by atoms with van der Waals surface area (Å²) in [4.78, 5) is 107. The van der Waals surface area contributed by atoms with Crippen molar-refractivity contribution in [1.29, 1.82) is 0 Å². The van der Waals surface area contributed by atoms with Gasteiger partial charge in [0.2, 0.25) is 29.5 Å². The maximum atomic E-state index is 14.3. The number of phenolic OH excluding ortho intramolecular Hbond substituents is 1. The zero-order valence-corrected chi connectivity index (χ0v) is 40.7. The van der Waals surface area contributed by atoms with Crippen LogP contribution in [0.3, 0.4) is 0 Å². The van der Waals surface area contributed by atoms with E-state index >= 15 is 0 Å². The summed E-state index contributed by atoms with van der Waals surface area (Å²) in [7, 11) is 2.17. The lowest BCUT2D eigenvalue weighted by Crippen LogP contribution is -2.59. The fourth-order valence-corrected chi connectivity index (χ4v) is 11.0. The number of carboxylic acids is 2. The molecule has 71 heavy (non-hydrogen) atoms. The van der Waals surface area contributed by atoms with E-state index in [2.05, 4.69) is 31.9 Å². The second-order valence-corrected chi connectivity index (χ2v) is 19.9. The highest BCUT2D eigenvalue weighted by molar-refractivity contribution is 8.76. The van der Waals surface area contributed by atoms with Crippen LogP contribution in [0.15, 0.2) is 94.1 Å². The highest BCUT2D eigenvalue weighted by atomic mass is 33.1. The van der Waals surface area contributed by atoms with Crippen LogP contribution >= 0.6 is 33.8 Å². The van der Waals surface area contributed by atoms with Gasteiger partial charge >= 0.3 is 11.9 Å². The van der Waals surface area contributed by atoms with Crippen molar-refractivity contribution < 1.29 is 53.3 Å². The third kappa shape index (κ3) is 13.2. The fraction of sp³-hybridized carbons (Fsp3) is 0.327. The van der Waals surface area contributed by atoms with Gasteiger partial charge in [-0.2, -0.15) is 0 Å². The predicted octanol–water partition coefficient (Wildman–Crippen LogP) is 4.10. The van der Waals surface area contributed by atoms with Gasteiger partial charge in [-0.1, -0.05) is 58.0 Å². The number of hydrogen-bond acceptors (Lipinski definition) is 13. The number of carboxylic acid groups (broad SMARTS) is 2. The molecule has 22 heteroatoms. The summed E-state index contributed by atoms with van der Waals surface area (Å²) in [6.45, 7) is 1.72. The van der Waals surface area contributed by atoms with Gasteiger partial charge in [0.25, 0.3) is 0 Å². The smallest absolute Gasteiger partial charge is 0.336 e. The highest BCUT2D eigenvalue weighted by Crippen LogP contribution is 2.41. The first-order valence-electron chi connectivity index (χ1n) is 22.7. The number of amides is 5. The Morgan fingerprint density at radius 1 is 0.887 bits per heavy atom. The number of aliphatic carboxylic acids is 1. The number of hydrogen-bond donors (Lipinski definition) is 9. The number of nitrogens with one attached hydrogen (secondary N) is 6. The lowest BCUT2D eigenvalue weighted by Gasteiger charge is -2.31. The number of thiocarbonyl (C=S) groups is 1. The molecule has 372 valence electrons. The van der Waals surface area contributed by atoms with Crippen LogP contribution in [0.5, 0.6) is 5.75 Å². The van der Waals surface area contributed by atoms with Gasteiger partial charge in [-0.3, -0.25) is 28.8 Å². The summed E-state index contributed by atoms with van der Waals surface area (Å²) in [6, 6.07) is 16.5. The van der Waals surface area contributed by atoms with E-state index in [1.54, 1.807) is 42.5 Å². The first-order chi connectivity index (χ1) is 34.1. The van der Waals surface area contributed by atoms with Crippen LogP contribution in [0, 0.1) is 0 Å². The number of aromatic carboxylic acids is 1. The number of carbonyl (C=O) groups excluding carboxylic acids is 5. The van der Waals surface area contributed by atoms with Crippen LogP contribution < -0.4 is 37.3 Å². The molecule has 0 saturated carbocycles. The third-order valence-electron chi connectivity index (χ3n) is 11.9. The Balaban J connectivity index is 1.04. The van der Waals surface area contributed by atoms with Crippen molar-refractivity contribution in [2.24, 2.45) is 0 Å². The summed E-state index contributed by atoms with van der Waals surface area (Å²) in [5.74, 6) is -5.40. The number of benzene rings is 4. The van der Waals surface area contributed by atoms with E-state index in [1.165, 1.54) is 42.2 Å².